The van der Waals surface area contributed by atoms with Crippen LogP contribution in [0.3, 0.4) is 0 Å². The molecule has 9 nitrogen and oxygen atoms in total. The molecule has 35 heavy (non-hydrogen) atoms. The number of piperazine rings is 1. The predicted molar refractivity (Wildman–Crippen MR) is 125 cm³/mol. The summed E-state index contributed by atoms with van der Waals surface area (Å²) in [6.07, 6.45) is 4.27. The van der Waals surface area contributed by atoms with Crippen LogP contribution < -0.4 is 14.9 Å². The number of amides is 1. The maximum absolute atomic E-state index is 14.0. The van der Waals surface area contributed by atoms with Gasteiger partial charge in [0.25, 0.3) is 10.0 Å². The first-order chi connectivity index (χ1) is 16.8. The summed E-state index contributed by atoms with van der Waals surface area (Å²) >= 11 is 0. The van der Waals surface area contributed by atoms with E-state index in [0.717, 1.165) is 17.5 Å². The van der Waals surface area contributed by atoms with Crippen LogP contribution in [0.15, 0.2) is 66.1 Å². The molecular formula is C23H18F2N6O3S. The molecule has 0 radical (unpaired) electrons. The molecule has 12 heteroatoms. The smallest absolute Gasteiger partial charge is 0.264 e. The second-order valence-corrected chi connectivity index (χ2v) is 9.49. The van der Waals surface area contributed by atoms with Gasteiger partial charge in [0.05, 0.1) is 23.9 Å². The zero-order valence-electron chi connectivity index (χ0n) is 18.1. The lowest BCUT2D eigenvalue weighted by molar-refractivity contribution is -0.120. The van der Waals surface area contributed by atoms with Crippen molar-refractivity contribution in [2.45, 2.75) is 4.90 Å². The number of rotatable bonds is 5. The van der Waals surface area contributed by atoms with Gasteiger partial charge >= 0.3 is 0 Å². The van der Waals surface area contributed by atoms with Gasteiger partial charge in [-0.05, 0) is 35.9 Å². The van der Waals surface area contributed by atoms with Gasteiger partial charge in [0.1, 0.15) is 28.7 Å². The molecule has 1 amide bonds. The highest BCUT2D eigenvalue weighted by molar-refractivity contribution is 7.92. The minimum absolute atomic E-state index is 0.0963. The SMILES string of the molecule is O=C1CN(c2ncnc3ccc(-c4cncc(NS(=O)(=O)c5ccc(F)cc5F)c4)cc23)CCN1. The number of carbonyl (C=O) groups is 1. The van der Waals surface area contributed by atoms with E-state index in [1.165, 1.54) is 12.5 Å². The third-order valence-electron chi connectivity index (χ3n) is 5.46. The lowest BCUT2D eigenvalue weighted by Crippen LogP contribution is -2.48. The van der Waals surface area contributed by atoms with Crippen molar-refractivity contribution in [2.75, 3.05) is 29.3 Å². The number of benzene rings is 2. The van der Waals surface area contributed by atoms with Crippen molar-refractivity contribution >= 4 is 38.3 Å². The van der Waals surface area contributed by atoms with E-state index >= 15 is 0 Å². The molecule has 1 aliphatic rings. The fourth-order valence-corrected chi connectivity index (χ4v) is 4.95. The highest BCUT2D eigenvalue weighted by Gasteiger charge is 2.21. The molecule has 4 aromatic rings. The van der Waals surface area contributed by atoms with Crippen LogP contribution in [0.2, 0.25) is 0 Å². The number of nitrogens with zero attached hydrogens (tertiary/aromatic N) is 4. The summed E-state index contributed by atoms with van der Waals surface area (Å²) in [5.74, 6) is -1.56. The van der Waals surface area contributed by atoms with Gasteiger partial charge in [-0.25, -0.2) is 27.2 Å². The fourth-order valence-electron chi connectivity index (χ4n) is 3.85. The van der Waals surface area contributed by atoms with Gasteiger partial charge in [-0.2, -0.15) is 0 Å². The third kappa shape index (κ3) is 4.60. The second kappa shape index (κ2) is 8.87. The van der Waals surface area contributed by atoms with E-state index < -0.39 is 26.6 Å². The van der Waals surface area contributed by atoms with Crippen molar-refractivity contribution in [3.05, 3.63) is 72.8 Å². The lowest BCUT2D eigenvalue weighted by atomic mass is 10.0. The Morgan fingerprint density at radius 3 is 2.66 bits per heavy atom. The Morgan fingerprint density at radius 2 is 1.86 bits per heavy atom. The van der Waals surface area contributed by atoms with Gasteiger partial charge in [0.15, 0.2) is 0 Å². The van der Waals surface area contributed by atoms with Crippen molar-refractivity contribution < 1.29 is 22.0 Å². The van der Waals surface area contributed by atoms with Crippen LogP contribution in [0, 0.1) is 11.6 Å². The van der Waals surface area contributed by atoms with Crippen LogP contribution in [0.5, 0.6) is 0 Å². The van der Waals surface area contributed by atoms with Crippen LogP contribution in [-0.4, -0.2) is 48.9 Å². The molecule has 1 aliphatic heterocycles. The van der Waals surface area contributed by atoms with Crippen molar-refractivity contribution in [3.63, 3.8) is 0 Å². The molecule has 2 aromatic carbocycles. The van der Waals surface area contributed by atoms with Crippen molar-refractivity contribution in [2.24, 2.45) is 0 Å². The molecule has 178 valence electrons. The molecular weight excluding hydrogens is 478 g/mol. The van der Waals surface area contributed by atoms with E-state index in [9.17, 15) is 22.0 Å². The van der Waals surface area contributed by atoms with E-state index in [2.05, 4.69) is 25.0 Å². The summed E-state index contributed by atoms with van der Waals surface area (Å²) < 4.78 is 54.8. The molecule has 0 atom stereocenters. The summed E-state index contributed by atoms with van der Waals surface area (Å²) in [7, 11) is -4.32. The first-order valence-corrected chi connectivity index (χ1v) is 12.0. The van der Waals surface area contributed by atoms with Crippen molar-refractivity contribution in [1.82, 2.24) is 20.3 Å². The molecule has 2 N–H and O–H groups in total. The normalized spacial score (nSPS) is 14.1. The first-order valence-electron chi connectivity index (χ1n) is 10.5. The number of hydrogen-bond acceptors (Lipinski definition) is 7. The molecule has 0 aliphatic carbocycles. The maximum Gasteiger partial charge on any atom is 0.264 e. The number of anilines is 2. The largest absolute Gasteiger partial charge is 0.353 e. The van der Waals surface area contributed by atoms with E-state index in [0.29, 0.717) is 41.6 Å². The van der Waals surface area contributed by atoms with Crippen molar-refractivity contribution in [3.8, 4) is 11.1 Å². The molecule has 3 heterocycles. The van der Waals surface area contributed by atoms with Crippen LogP contribution in [0.1, 0.15) is 0 Å². The number of nitrogens with one attached hydrogen (secondary N) is 2. The van der Waals surface area contributed by atoms with E-state index in [-0.39, 0.29) is 18.1 Å². The van der Waals surface area contributed by atoms with Crippen LogP contribution in [0.4, 0.5) is 20.3 Å². The van der Waals surface area contributed by atoms with E-state index in [1.807, 2.05) is 11.0 Å². The summed E-state index contributed by atoms with van der Waals surface area (Å²) in [6, 6.07) is 9.21. The quantitative estimate of drug-likeness (QED) is 0.436. The van der Waals surface area contributed by atoms with E-state index in [1.54, 1.807) is 24.4 Å². The van der Waals surface area contributed by atoms with Gasteiger partial charge in [0, 0.05) is 36.3 Å². The number of pyridine rings is 1. The standard InChI is InChI=1S/C23H18F2N6O3S/c24-16-2-4-21(19(25)9-16)35(33,34)30-17-7-15(10-26-11-17)14-1-3-20-18(8-14)23(29-13-28-20)31-6-5-27-22(32)12-31/h1-4,7-11,13,30H,5-6,12H2,(H,27,32). The monoisotopic (exact) mass is 496 g/mol. The van der Waals surface area contributed by atoms with Gasteiger partial charge in [0.2, 0.25) is 5.91 Å². The van der Waals surface area contributed by atoms with Gasteiger partial charge < -0.3 is 10.2 Å². The minimum atomic E-state index is -4.32. The minimum Gasteiger partial charge on any atom is -0.353 e. The number of aromatic nitrogens is 3. The summed E-state index contributed by atoms with van der Waals surface area (Å²) in [5, 5.41) is 3.50. The lowest BCUT2D eigenvalue weighted by Gasteiger charge is -2.28. The highest BCUT2D eigenvalue weighted by atomic mass is 32.2. The van der Waals surface area contributed by atoms with E-state index in [4.69, 9.17) is 0 Å². The average molecular weight is 496 g/mol. The third-order valence-corrected chi connectivity index (χ3v) is 6.87. The fraction of sp³-hybridized carbons (Fsp3) is 0.130. The molecule has 5 rings (SSSR count). The topological polar surface area (TPSA) is 117 Å². The summed E-state index contributed by atoms with van der Waals surface area (Å²) in [6.45, 7) is 1.28. The van der Waals surface area contributed by atoms with Gasteiger partial charge in [-0.3, -0.25) is 14.5 Å². The Bertz CT molecular complexity index is 1560. The Labute approximate surface area is 198 Å². The van der Waals surface area contributed by atoms with Gasteiger partial charge in [-0.15, -0.1) is 0 Å². The molecule has 0 bridgehead atoms. The Kier molecular flexibility index (Phi) is 5.73. The maximum atomic E-state index is 14.0. The highest BCUT2D eigenvalue weighted by Crippen LogP contribution is 2.30. The molecule has 1 fully saturated rings. The number of carbonyl (C=O) groups excluding carboxylic acids is 1. The van der Waals surface area contributed by atoms with Crippen molar-refractivity contribution in [1.29, 1.82) is 0 Å². The average Bonchev–Trinajstić information content (AvgIpc) is 2.83. The number of fused-ring (bicyclic) bond motifs is 1. The summed E-state index contributed by atoms with van der Waals surface area (Å²) in [5.41, 5.74) is 2.07. The van der Waals surface area contributed by atoms with Crippen LogP contribution in [0.25, 0.3) is 22.0 Å². The van der Waals surface area contributed by atoms with Gasteiger partial charge in [-0.1, -0.05) is 6.07 Å². The predicted octanol–water partition coefficient (Wildman–Crippen LogP) is 2.71. The Morgan fingerprint density at radius 1 is 1.00 bits per heavy atom. The Balaban J connectivity index is 1.49. The summed E-state index contributed by atoms with van der Waals surface area (Å²) in [4.78, 5) is 25.8. The number of halogens is 2. The zero-order chi connectivity index (χ0) is 24.6. The number of hydrogen-bond donors (Lipinski definition) is 2. The molecule has 1 saturated heterocycles. The Hall–Kier alpha value is -4.19. The zero-order valence-corrected chi connectivity index (χ0v) is 18.9. The molecule has 0 spiro atoms. The molecule has 2 aromatic heterocycles. The first kappa shape index (κ1) is 22.6. The molecule has 0 saturated carbocycles. The number of sulfonamides is 1. The van der Waals surface area contributed by atoms with Crippen LogP contribution >= 0.6 is 0 Å². The second-order valence-electron chi connectivity index (χ2n) is 7.84. The molecule has 0 unspecified atom stereocenters. The van der Waals surface area contributed by atoms with Crippen LogP contribution in [-0.2, 0) is 14.8 Å².